The van der Waals surface area contributed by atoms with E-state index >= 15 is 0 Å². The lowest BCUT2D eigenvalue weighted by Gasteiger charge is -2.39. The van der Waals surface area contributed by atoms with Gasteiger partial charge in [-0.25, -0.2) is 4.28 Å². The minimum Gasteiger partial charge on any atom is -0.394 e. The van der Waals surface area contributed by atoms with Gasteiger partial charge in [0.05, 0.1) is 12.7 Å². The number of thioether (sulfide) groups is 1. The van der Waals surface area contributed by atoms with Gasteiger partial charge < -0.3 is 30.3 Å². The predicted molar refractivity (Wildman–Crippen MR) is 82.2 cm³/mol. The van der Waals surface area contributed by atoms with E-state index in [1.54, 1.807) is 0 Å². The molecule has 0 spiro atoms. The molecule has 0 radical (unpaired) electrons. The Morgan fingerprint density at radius 3 is 2.46 bits per heavy atom. The average molecular weight is 389 g/mol. The van der Waals surface area contributed by atoms with Crippen molar-refractivity contribution < 1.29 is 47.5 Å². The molecule has 1 heterocycles. The van der Waals surface area contributed by atoms with E-state index in [2.05, 4.69) is 16.0 Å². The molecule has 0 bridgehead atoms. The molecule has 140 valence electrons. The summed E-state index contributed by atoms with van der Waals surface area (Å²) in [5.41, 5.74) is -1.26. The van der Waals surface area contributed by atoms with Crippen LogP contribution in [0, 0.1) is 0 Å². The highest BCUT2D eigenvalue weighted by molar-refractivity contribution is 8.14. The van der Waals surface area contributed by atoms with Gasteiger partial charge in [0, 0.05) is 6.42 Å². The Bertz CT molecular complexity index is 551. The molecular formula is C11H19NO10S2. The maximum absolute atomic E-state index is 10.6. The van der Waals surface area contributed by atoms with Gasteiger partial charge in [-0.3, -0.25) is 4.55 Å². The molecule has 0 aromatic heterocycles. The Labute approximate surface area is 142 Å². The van der Waals surface area contributed by atoms with Crippen molar-refractivity contribution in [1.82, 2.24) is 0 Å². The fourth-order valence-corrected chi connectivity index (χ4v) is 3.10. The van der Waals surface area contributed by atoms with E-state index in [4.69, 9.17) is 14.4 Å². The Balaban J connectivity index is 2.92. The van der Waals surface area contributed by atoms with Crippen molar-refractivity contribution in [2.45, 2.75) is 42.4 Å². The minimum atomic E-state index is -4.89. The van der Waals surface area contributed by atoms with E-state index in [0.717, 1.165) is 6.08 Å². The zero-order valence-corrected chi connectivity index (χ0v) is 13.9. The van der Waals surface area contributed by atoms with Crippen LogP contribution in [0.15, 0.2) is 17.8 Å². The molecule has 0 unspecified atom stereocenters. The summed E-state index contributed by atoms with van der Waals surface area (Å²) in [5, 5.41) is 50.8. The van der Waals surface area contributed by atoms with Crippen molar-refractivity contribution in [2.24, 2.45) is 5.16 Å². The fraction of sp³-hybridized carbons (Fsp3) is 0.727. The van der Waals surface area contributed by atoms with Gasteiger partial charge in [0.2, 0.25) is 0 Å². The zero-order chi connectivity index (χ0) is 18.5. The van der Waals surface area contributed by atoms with E-state index in [1.165, 1.54) is 0 Å². The monoisotopic (exact) mass is 389 g/mol. The maximum atomic E-state index is 10.6. The van der Waals surface area contributed by atoms with Crippen LogP contribution in [-0.2, 0) is 19.4 Å². The van der Waals surface area contributed by atoms with Crippen LogP contribution in [0.3, 0.4) is 0 Å². The highest BCUT2D eigenvalue weighted by Gasteiger charge is 2.44. The first-order valence-corrected chi connectivity index (χ1v) is 8.84. The summed E-state index contributed by atoms with van der Waals surface area (Å²) in [5.74, 6) is 0. The molecule has 0 amide bonds. The van der Waals surface area contributed by atoms with E-state index in [-0.39, 0.29) is 11.5 Å². The molecular weight excluding hydrogens is 370 g/mol. The van der Waals surface area contributed by atoms with Crippen LogP contribution in [0.2, 0.25) is 0 Å². The van der Waals surface area contributed by atoms with Gasteiger partial charge in [0.25, 0.3) is 0 Å². The number of aliphatic hydroxyl groups is 5. The van der Waals surface area contributed by atoms with E-state index in [1.807, 2.05) is 0 Å². The molecule has 1 aliphatic rings. The summed E-state index contributed by atoms with van der Waals surface area (Å²) >= 11 is 0.570. The summed E-state index contributed by atoms with van der Waals surface area (Å²) in [6.07, 6.45) is -6.29. The predicted octanol–water partition coefficient (Wildman–Crippen LogP) is -2.41. The Kier molecular flexibility index (Phi) is 8.04. The van der Waals surface area contributed by atoms with Crippen molar-refractivity contribution in [3.8, 4) is 0 Å². The number of aliphatic hydroxyl groups excluding tert-OH is 5. The molecule has 1 aliphatic heterocycles. The second-order valence-corrected chi connectivity index (χ2v) is 6.99. The standard InChI is InChI=1S/C11H19NO10S2/c1-2-5(14)3-7(12-22-24(18,19)20)23-11-10(17)9(16)8(15)6(4-13)21-11/h2,5-6,8-11,13-17H,1,3-4H2,(H,18,19,20)/b12-7-/t5-,6-,8-,9+,10-,11+/m0/s1. The quantitative estimate of drug-likeness (QED) is 0.0895. The van der Waals surface area contributed by atoms with Gasteiger partial charge in [0.15, 0.2) is 0 Å². The fourth-order valence-electron chi connectivity index (χ4n) is 1.76. The molecule has 24 heavy (non-hydrogen) atoms. The molecule has 0 saturated carbocycles. The normalized spacial score (nSPS) is 33.1. The summed E-state index contributed by atoms with van der Waals surface area (Å²) in [6.45, 7) is 2.67. The second kappa shape index (κ2) is 9.07. The first-order valence-electron chi connectivity index (χ1n) is 6.59. The molecule has 0 aromatic rings. The number of hydrogen-bond acceptors (Lipinski definition) is 11. The Hall–Kier alpha value is -0.770. The van der Waals surface area contributed by atoms with Crippen LogP contribution in [0.25, 0.3) is 0 Å². The lowest BCUT2D eigenvalue weighted by Crippen LogP contribution is -2.57. The van der Waals surface area contributed by atoms with Gasteiger partial charge in [-0.2, -0.15) is 8.42 Å². The van der Waals surface area contributed by atoms with Crippen molar-refractivity contribution in [1.29, 1.82) is 0 Å². The number of oxime groups is 1. The van der Waals surface area contributed by atoms with Gasteiger partial charge in [0.1, 0.15) is 34.9 Å². The van der Waals surface area contributed by atoms with Gasteiger partial charge >= 0.3 is 10.4 Å². The summed E-state index contributed by atoms with van der Waals surface area (Å²) in [4.78, 5) is 0. The smallest absolute Gasteiger partial charge is 0.394 e. The molecule has 1 fully saturated rings. The topological polar surface area (TPSA) is 186 Å². The maximum Gasteiger partial charge on any atom is 0.466 e. The van der Waals surface area contributed by atoms with Crippen LogP contribution < -0.4 is 0 Å². The van der Waals surface area contributed by atoms with Gasteiger partial charge in [-0.1, -0.05) is 23.0 Å². The largest absolute Gasteiger partial charge is 0.466 e. The lowest BCUT2D eigenvalue weighted by molar-refractivity contribution is -0.205. The molecule has 13 heteroatoms. The molecule has 0 aromatic carbocycles. The van der Waals surface area contributed by atoms with Crippen LogP contribution >= 0.6 is 11.8 Å². The van der Waals surface area contributed by atoms with Crippen molar-refractivity contribution in [2.75, 3.05) is 6.61 Å². The molecule has 1 saturated heterocycles. The summed E-state index contributed by atoms with van der Waals surface area (Å²) in [7, 11) is -4.89. The Morgan fingerprint density at radius 2 is 1.96 bits per heavy atom. The third-order valence-electron chi connectivity index (χ3n) is 2.99. The summed E-state index contributed by atoms with van der Waals surface area (Å²) < 4.78 is 38.8. The average Bonchev–Trinajstić information content (AvgIpc) is 2.52. The van der Waals surface area contributed by atoms with Gasteiger partial charge in [-0.05, 0) is 0 Å². The van der Waals surface area contributed by atoms with E-state index in [0.29, 0.717) is 11.8 Å². The molecule has 0 aliphatic carbocycles. The first-order chi connectivity index (χ1) is 11.1. The van der Waals surface area contributed by atoms with Crippen LogP contribution in [0.4, 0.5) is 0 Å². The third-order valence-corrected chi connectivity index (χ3v) is 4.39. The van der Waals surface area contributed by atoms with E-state index < -0.39 is 53.0 Å². The van der Waals surface area contributed by atoms with Crippen molar-refractivity contribution in [3.63, 3.8) is 0 Å². The first kappa shape index (κ1) is 21.3. The Morgan fingerprint density at radius 1 is 1.33 bits per heavy atom. The van der Waals surface area contributed by atoms with Crippen molar-refractivity contribution >= 4 is 27.2 Å². The SMILES string of the molecule is C=C[C@H](O)C/C(=N/OS(=O)(=O)O)S[C@H]1O[C@@H](CO)[C@H](O)[C@@H](O)[C@@H]1O. The molecule has 6 atom stereocenters. The zero-order valence-electron chi connectivity index (χ0n) is 12.2. The number of hydrogen-bond donors (Lipinski definition) is 6. The number of ether oxygens (including phenoxy) is 1. The number of rotatable bonds is 7. The molecule has 1 rings (SSSR count). The number of nitrogens with zero attached hydrogens (tertiary/aromatic N) is 1. The van der Waals surface area contributed by atoms with Crippen LogP contribution in [-0.4, -0.2) is 86.1 Å². The van der Waals surface area contributed by atoms with Gasteiger partial charge in [-0.15, -0.1) is 6.58 Å². The van der Waals surface area contributed by atoms with Crippen LogP contribution in [0.1, 0.15) is 6.42 Å². The van der Waals surface area contributed by atoms with Crippen molar-refractivity contribution in [3.05, 3.63) is 12.7 Å². The molecule has 11 nitrogen and oxygen atoms in total. The second-order valence-electron chi connectivity index (χ2n) is 4.81. The summed E-state index contributed by atoms with van der Waals surface area (Å²) in [6, 6.07) is 0. The third kappa shape index (κ3) is 6.27. The minimum absolute atomic E-state index is 0.218. The van der Waals surface area contributed by atoms with Crippen LogP contribution in [0.5, 0.6) is 0 Å². The molecule has 6 N–H and O–H groups in total. The van der Waals surface area contributed by atoms with E-state index in [9.17, 15) is 28.8 Å². The highest BCUT2D eigenvalue weighted by atomic mass is 32.3. The lowest BCUT2D eigenvalue weighted by atomic mass is 10.0. The highest BCUT2D eigenvalue weighted by Crippen LogP contribution is 2.30.